The van der Waals surface area contributed by atoms with Crippen LogP contribution >= 0.6 is 0 Å². The maximum absolute atomic E-state index is 12.9. The number of carbonyl (C=O) groups excluding carboxylic acids is 2. The molecule has 5 nitrogen and oxygen atoms in total. The van der Waals surface area contributed by atoms with Crippen LogP contribution in [0.3, 0.4) is 0 Å². The number of carbonyl (C=O) groups is 2. The normalized spacial score (nSPS) is 38.1. The minimum absolute atomic E-state index is 0.00244. The van der Waals surface area contributed by atoms with E-state index in [1.807, 2.05) is 51.1 Å². The maximum Gasteiger partial charge on any atom is 0.323 e. The molecule has 6 unspecified atom stereocenters. The number of ether oxygens (including phenoxy) is 2. The van der Waals surface area contributed by atoms with Crippen LogP contribution in [0.5, 0.6) is 0 Å². The summed E-state index contributed by atoms with van der Waals surface area (Å²) in [5, 5.41) is 0. The Balaban J connectivity index is 1.18. The fourth-order valence-electron chi connectivity index (χ4n) is 10.3. The Morgan fingerprint density at radius 1 is 0.951 bits per heavy atom. The summed E-state index contributed by atoms with van der Waals surface area (Å²) in [6.07, 6.45) is 11.8. The maximum atomic E-state index is 12.9. The molecule has 5 heteroatoms. The molecule has 0 heterocycles. The lowest BCUT2D eigenvalue weighted by atomic mass is 9.44. The molecular formula is C36H55NO4. The van der Waals surface area contributed by atoms with Gasteiger partial charge in [-0.05, 0) is 137 Å². The number of rotatable bonds is 7. The highest BCUT2D eigenvalue weighted by Crippen LogP contribution is 2.68. The van der Waals surface area contributed by atoms with Crippen molar-refractivity contribution in [2.24, 2.45) is 52.1 Å². The topological polar surface area (TPSA) is 78.6 Å². The monoisotopic (exact) mass is 565 g/mol. The highest BCUT2D eigenvalue weighted by atomic mass is 16.6. The van der Waals surface area contributed by atoms with Gasteiger partial charge in [-0.3, -0.25) is 9.59 Å². The van der Waals surface area contributed by atoms with E-state index in [4.69, 9.17) is 15.2 Å². The Bertz CT molecular complexity index is 1080. The van der Waals surface area contributed by atoms with Crippen molar-refractivity contribution >= 4 is 11.9 Å². The third-order valence-electron chi connectivity index (χ3n) is 12.2. The van der Waals surface area contributed by atoms with Crippen LogP contribution in [0.4, 0.5) is 0 Å². The van der Waals surface area contributed by atoms with Crippen LogP contribution in [0.15, 0.2) is 30.3 Å². The SMILES string of the molecule is C[C@H](CC(=O)OC(C)(C)C)C1CCC2C3CCC4C[C@H](OC(=O)[C@@H](N)Cc5ccccc5)CC[C@]4(C)C3CCC21C. The Hall–Kier alpha value is -1.88. The van der Waals surface area contributed by atoms with Crippen molar-refractivity contribution in [1.29, 1.82) is 0 Å². The number of benzene rings is 1. The van der Waals surface area contributed by atoms with E-state index in [0.29, 0.717) is 41.4 Å². The van der Waals surface area contributed by atoms with E-state index in [1.54, 1.807) is 0 Å². The van der Waals surface area contributed by atoms with Crippen molar-refractivity contribution in [2.75, 3.05) is 0 Å². The van der Waals surface area contributed by atoms with E-state index < -0.39 is 11.6 Å². The highest BCUT2D eigenvalue weighted by Gasteiger charge is 2.61. The molecule has 0 saturated heterocycles. The zero-order valence-corrected chi connectivity index (χ0v) is 26.5. The first kappa shape index (κ1) is 30.6. The summed E-state index contributed by atoms with van der Waals surface area (Å²) < 4.78 is 11.7. The average molecular weight is 566 g/mol. The molecule has 10 atom stereocenters. The van der Waals surface area contributed by atoms with Gasteiger partial charge in [0.2, 0.25) is 0 Å². The fourth-order valence-corrected chi connectivity index (χ4v) is 10.3. The van der Waals surface area contributed by atoms with Crippen LogP contribution < -0.4 is 5.73 Å². The minimum Gasteiger partial charge on any atom is -0.461 e. The van der Waals surface area contributed by atoms with Gasteiger partial charge in [0.1, 0.15) is 17.7 Å². The highest BCUT2D eigenvalue weighted by molar-refractivity contribution is 5.76. The van der Waals surface area contributed by atoms with Crippen molar-refractivity contribution in [2.45, 2.75) is 130 Å². The summed E-state index contributed by atoms with van der Waals surface area (Å²) in [7, 11) is 0. The molecule has 4 aliphatic rings. The molecule has 4 fully saturated rings. The van der Waals surface area contributed by atoms with Gasteiger partial charge in [0.15, 0.2) is 0 Å². The third-order valence-corrected chi connectivity index (χ3v) is 12.2. The zero-order chi connectivity index (χ0) is 29.6. The first-order valence-corrected chi connectivity index (χ1v) is 16.5. The molecule has 1 aromatic rings. The lowest BCUT2D eigenvalue weighted by Gasteiger charge is -2.61. The lowest BCUT2D eigenvalue weighted by molar-refractivity contribution is -0.165. The Morgan fingerprint density at radius 2 is 1.63 bits per heavy atom. The van der Waals surface area contributed by atoms with Gasteiger partial charge < -0.3 is 15.2 Å². The smallest absolute Gasteiger partial charge is 0.323 e. The molecule has 5 rings (SSSR count). The van der Waals surface area contributed by atoms with Crippen LogP contribution in [0.25, 0.3) is 0 Å². The second-order valence-electron chi connectivity index (χ2n) is 15.8. The summed E-state index contributed by atoms with van der Waals surface area (Å²) >= 11 is 0. The molecule has 2 N–H and O–H groups in total. The average Bonchev–Trinajstić information content (AvgIpc) is 3.25. The third kappa shape index (κ3) is 6.26. The number of hydrogen-bond donors (Lipinski definition) is 1. The van der Waals surface area contributed by atoms with Crippen LogP contribution in [0, 0.1) is 46.3 Å². The molecule has 0 aliphatic heterocycles. The largest absolute Gasteiger partial charge is 0.461 e. The van der Waals surface area contributed by atoms with Crippen molar-refractivity contribution in [3.8, 4) is 0 Å². The van der Waals surface area contributed by atoms with E-state index >= 15 is 0 Å². The van der Waals surface area contributed by atoms with Gasteiger partial charge in [0.05, 0.1) is 0 Å². The van der Waals surface area contributed by atoms with Gasteiger partial charge in [0.25, 0.3) is 0 Å². The number of fused-ring (bicyclic) bond motifs is 5. The molecule has 0 aromatic heterocycles. The number of hydrogen-bond acceptors (Lipinski definition) is 5. The second kappa shape index (κ2) is 11.7. The molecule has 4 aliphatic carbocycles. The molecule has 1 aromatic carbocycles. The molecule has 228 valence electrons. The fraction of sp³-hybridized carbons (Fsp3) is 0.778. The molecular weight excluding hydrogens is 510 g/mol. The van der Waals surface area contributed by atoms with Gasteiger partial charge in [-0.2, -0.15) is 0 Å². The Labute approximate surface area is 248 Å². The second-order valence-corrected chi connectivity index (χ2v) is 15.8. The molecule has 4 saturated carbocycles. The Kier molecular flexibility index (Phi) is 8.69. The van der Waals surface area contributed by atoms with Crippen LogP contribution in [0.1, 0.15) is 111 Å². The van der Waals surface area contributed by atoms with Gasteiger partial charge in [-0.15, -0.1) is 0 Å². The minimum atomic E-state index is -0.606. The van der Waals surface area contributed by atoms with Crippen molar-refractivity contribution in [1.82, 2.24) is 0 Å². The first-order chi connectivity index (χ1) is 19.3. The molecule has 0 bridgehead atoms. The molecule has 0 spiro atoms. The van der Waals surface area contributed by atoms with E-state index in [0.717, 1.165) is 42.6 Å². The summed E-state index contributed by atoms with van der Waals surface area (Å²) in [5.74, 6) is 3.59. The molecule has 41 heavy (non-hydrogen) atoms. The van der Waals surface area contributed by atoms with Crippen LogP contribution in [0.2, 0.25) is 0 Å². The molecule has 0 radical (unpaired) electrons. The molecule has 0 amide bonds. The number of esters is 2. The van der Waals surface area contributed by atoms with Crippen molar-refractivity contribution in [3.63, 3.8) is 0 Å². The van der Waals surface area contributed by atoms with E-state index in [2.05, 4.69) is 20.8 Å². The Morgan fingerprint density at radius 3 is 2.34 bits per heavy atom. The summed E-state index contributed by atoms with van der Waals surface area (Å²) in [4.78, 5) is 25.6. The van der Waals surface area contributed by atoms with Crippen molar-refractivity contribution < 1.29 is 19.1 Å². The van der Waals surface area contributed by atoms with Gasteiger partial charge in [0, 0.05) is 6.42 Å². The first-order valence-electron chi connectivity index (χ1n) is 16.5. The summed E-state index contributed by atoms with van der Waals surface area (Å²) in [6.45, 7) is 13.3. The summed E-state index contributed by atoms with van der Waals surface area (Å²) in [6, 6.07) is 9.37. The predicted molar refractivity (Wildman–Crippen MR) is 163 cm³/mol. The van der Waals surface area contributed by atoms with Gasteiger partial charge >= 0.3 is 11.9 Å². The predicted octanol–water partition coefficient (Wildman–Crippen LogP) is 7.50. The van der Waals surface area contributed by atoms with Gasteiger partial charge in [-0.1, -0.05) is 51.1 Å². The quantitative estimate of drug-likeness (QED) is 0.347. The van der Waals surface area contributed by atoms with E-state index in [9.17, 15) is 9.59 Å². The van der Waals surface area contributed by atoms with Crippen LogP contribution in [-0.4, -0.2) is 29.7 Å². The van der Waals surface area contributed by atoms with Crippen molar-refractivity contribution in [3.05, 3.63) is 35.9 Å². The number of nitrogens with two attached hydrogens (primary N) is 1. The van der Waals surface area contributed by atoms with E-state index in [-0.39, 0.29) is 18.0 Å². The lowest BCUT2D eigenvalue weighted by Crippen LogP contribution is -2.54. The zero-order valence-electron chi connectivity index (χ0n) is 26.5. The standard InChI is InChI=1S/C36H55NO4/c1-23(20-32(38)41-34(2,3)4)28-14-15-29-27-13-12-25-22-26(16-18-35(25,5)30(27)17-19-36(28,29)6)40-33(39)31(37)21-24-10-8-7-9-11-24/h7-11,23,25-31H,12-22,37H2,1-6H3/t23-,25?,26-,27?,28?,29?,30?,31+,35+,36?/m1/s1. The summed E-state index contributed by atoms with van der Waals surface area (Å²) in [5.41, 5.74) is 7.57. The van der Waals surface area contributed by atoms with Crippen LogP contribution in [-0.2, 0) is 25.5 Å². The van der Waals surface area contributed by atoms with Gasteiger partial charge in [-0.25, -0.2) is 0 Å². The van der Waals surface area contributed by atoms with E-state index in [1.165, 1.54) is 38.5 Å².